The van der Waals surface area contributed by atoms with E-state index < -0.39 is 0 Å². The molecule has 110 valence electrons. The van der Waals surface area contributed by atoms with Crippen molar-refractivity contribution in [1.29, 1.82) is 0 Å². The van der Waals surface area contributed by atoms with E-state index >= 15 is 0 Å². The van der Waals surface area contributed by atoms with Crippen LogP contribution in [0.25, 0.3) is 0 Å². The molecule has 2 aromatic rings. The van der Waals surface area contributed by atoms with Crippen molar-refractivity contribution in [1.82, 2.24) is 0 Å². The van der Waals surface area contributed by atoms with Crippen LogP contribution in [0.3, 0.4) is 0 Å². The highest BCUT2D eigenvalue weighted by Gasteiger charge is 2.12. The maximum atomic E-state index is 5.54. The lowest BCUT2D eigenvalue weighted by Crippen LogP contribution is -2.10. The van der Waals surface area contributed by atoms with Gasteiger partial charge in [-0.3, -0.25) is 0 Å². The van der Waals surface area contributed by atoms with Crippen LogP contribution in [-0.2, 0) is 23.2 Å². The van der Waals surface area contributed by atoms with Crippen molar-refractivity contribution in [2.24, 2.45) is 0 Å². The molecule has 0 spiro atoms. The monoisotopic (exact) mass is 280 g/mol. The van der Waals surface area contributed by atoms with Gasteiger partial charge in [0.15, 0.2) is 0 Å². The van der Waals surface area contributed by atoms with Crippen molar-refractivity contribution in [3.63, 3.8) is 0 Å². The number of allylic oxidation sites excluding steroid dienone is 1. The largest absolute Gasteiger partial charge is 0.497 e. The summed E-state index contributed by atoms with van der Waals surface area (Å²) in [6, 6.07) is 19.0. The molecular formula is C20H24O. The molecule has 0 fully saturated rings. The van der Waals surface area contributed by atoms with E-state index in [1.165, 1.54) is 16.7 Å². The Morgan fingerprint density at radius 2 is 1.52 bits per heavy atom. The fraction of sp³-hybridized carbons (Fsp3) is 0.300. The number of hydrogen-bond donors (Lipinski definition) is 0. The Morgan fingerprint density at radius 3 is 2.14 bits per heavy atom. The first-order chi connectivity index (χ1) is 10.1. The molecule has 0 aliphatic heterocycles. The summed E-state index contributed by atoms with van der Waals surface area (Å²) in [6.45, 7) is 7.33. The molecule has 0 N–H and O–H groups in total. The zero-order valence-corrected chi connectivity index (χ0v) is 13.2. The second-order valence-corrected chi connectivity index (χ2v) is 6.32. The van der Waals surface area contributed by atoms with Gasteiger partial charge < -0.3 is 4.74 Å². The fourth-order valence-corrected chi connectivity index (χ4v) is 2.11. The van der Waals surface area contributed by atoms with Gasteiger partial charge in [0, 0.05) is 0 Å². The Kier molecular flexibility index (Phi) is 5.21. The predicted octanol–water partition coefficient (Wildman–Crippen LogP) is 5.26. The average molecular weight is 280 g/mol. The molecule has 0 aliphatic carbocycles. The lowest BCUT2D eigenvalue weighted by molar-refractivity contribution is 0.235. The zero-order chi connectivity index (χ0) is 15.1. The minimum Gasteiger partial charge on any atom is -0.497 e. The summed E-state index contributed by atoms with van der Waals surface area (Å²) in [7, 11) is 0. The molecule has 1 heteroatoms. The van der Waals surface area contributed by atoms with E-state index in [4.69, 9.17) is 4.74 Å². The second-order valence-electron chi connectivity index (χ2n) is 6.32. The smallest absolute Gasteiger partial charge is 0.112 e. The van der Waals surface area contributed by atoms with Crippen LogP contribution in [0, 0.1) is 0 Å². The lowest BCUT2D eigenvalue weighted by atomic mass is 9.86. The molecule has 0 saturated heterocycles. The molecule has 0 saturated carbocycles. The van der Waals surface area contributed by atoms with E-state index in [2.05, 4.69) is 63.2 Å². The van der Waals surface area contributed by atoms with Gasteiger partial charge in [-0.15, -0.1) is 0 Å². The average Bonchev–Trinajstić information content (AvgIpc) is 2.47. The maximum absolute atomic E-state index is 5.54. The molecule has 0 heterocycles. The van der Waals surface area contributed by atoms with Crippen LogP contribution in [0.15, 0.2) is 66.9 Å². The third-order valence-corrected chi connectivity index (χ3v) is 3.46. The summed E-state index contributed by atoms with van der Waals surface area (Å²) in [5.41, 5.74) is 4.09. The van der Waals surface area contributed by atoms with E-state index in [9.17, 15) is 0 Å². The molecule has 0 amide bonds. The van der Waals surface area contributed by atoms with Gasteiger partial charge in [-0.25, -0.2) is 0 Å². The Labute approximate surface area is 128 Å². The highest BCUT2D eigenvalue weighted by atomic mass is 16.5. The molecule has 0 aromatic heterocycles. The summed E-state index contributed by atoms with van der Waals surface area (Å²) >= 11 is 0. The molecule has 0 bridgehead atoms. The normalized spacial score (nSPS) is 11.8. The van der Waals surface area contributed by atoms with E-state index in [-0.39, 0.29) is 5.41 Å². The first kappa shape index (κ1) is 15.4. The van der Waals surface area contributed by atoms with E-state index in [0.29, 0.717) is 6.61 Å². The number of hydrogen-bond acceptors (Lipinski definition) is 1. The Bertz CT molecular complexity index is 559. The molecule has 2 rings (SSSR count). The molecule has 1 nitrogen and oxygen atoms in total. The van der Waals surface area contributed by atoms with Crippen molar-refractivity contribution in [2.75, 3.05) is 0 Å². The van der Waals surface area contributed by atoms with Crippen LogP contribution in [-0.4, -0.2) is 0 Å². The molecule has 0 atom stereocenters. The summed E-state index contributed by atoms with van der Waals surface area (Å²) in [5.74, 6) is 0. The van der Waals surface area contributed by atoms with E-state index in [1.54, 1.807) is 6.26 Å². The highest BCUT2D eigenvalue weighted by molar-refractivity contribution is 5.28. The molecular weight excluding hydrogens is 256 g/mol. The van der Waals surface area contributed by atoms with Crippen LogP contribution < -0.4 is 0 Å². The SMILES string of the molecule is CC(C)(C)c1ccc(C/C=C\OCc2ccccc2)cc1. The quantitative estimate of drug-likeness (QED) is 0.679. The molecule has 21 heavy (non-hydrogen) atoms. The van der Waals surface area contributed by atoms with Gasteiger partial charge in [-0.2, -0.15) is 0 Å². The van der Waals surface area contributed by atoms with Crippen LogP contribution >= 0.6 is 0 Å². The summed E-state index contributed by atoms with van der Waals surface area (Å²) in [5, 5.41) is 0. The van der Waals surface area contributed by atoms with Crippen molar-refractivity contribution in [2.45, 2.75) is 39.2 Å². The minimum absolute atomic E-state index is 0.215. The van der Waals surface area contributed by atoms with Crippen molar-refractivity contribution in [3.05, 3.63) is 83.6 Å². The van der Waals surface area contributed by atoms with Crippen LogP contribution in [0.4, 0.5) is 0 Å². The van der Waals surface area contributed by atoms with Crippen LogP contribution in [0.1, 0.15) is 37.5 Å². The predicted molar refractivity (Wildman–Crippen MR) is 89.2 cm³/mol. The van der Waals surface area contributed by atoms with Gasteiger partial charge in [0.2, 0.25) is 0 Å². The molecule has 0 aliphatic rings. The second kappa shape index (κ2) is 7.12. The van der Waals surface area contributed by atoms with Crippen LogP contribution in [0.5, 0.6) is 0 Å². The fourth-order valence-electron chi connectivity index (χ4n) is 2.11. The van der Waals surface area contributed by atoms with Gasteiger partial charge in [0.1, 0.15) is 6.61 Å². The third-order valence-electron chi connectivity index (χ3n) is 3.46. The summed E-state index contributed by atoms with van der Waals surface area (Å²) in [6.07, 6.45) is 4.76. The number of ether oxygens (including phenoxy) is 1. The summed E-state index contributed by atoms with van der Waals surface area (Å²) < 4.78 is 5.54. The Hall–Kier alpha value is -2.02. The summed E-state index contributed by atoms with van der Waals surface area (Å²) in [4.78, 5) is 0. The van der Waals surface area contributed by atoms with Gasteiger partial charge >= 0.3 is 0 Å². The van der Waals surface area contributed by atoms with Gasteiger partial charge in [0.25, 0.3) is 0 Å². The minimum atomic E-state index is 0.215. The zero-order valence-electron chi connectivity index (χ0n) is 13.2. The van der Waals surface area contributed by atoms with Crippen molar-refractivity contribution >= 4 is 0 Å². The maximum Gasteiger partial charge on any atom is 0.112 e. The first-order valence-corrected chi connectivity index (χ1v) is 7.46. The number of rotatable bonds is 5. The standard InChI is InChI=1S/C20H24O/c1-20(2,3)19-13-11-17(12-14-19)10-7-15-21-16-18-8-5-4-6-9-18/h4-9,11-15H,10,16H2,1-3H3/b15-7-. The van der Waals surface area contributed by atoms with Crippen molar-refractivity contribution in [3.8, 4) is 0 Å². The topological polar surface area (TPSA) is 9.23 Å². The van der Waals surface area contributed by atoms with Gasteiger partial charge in [-0.1, -0.05) is 75.4 Å². The van der Waals surface area contributed by atoms with Gasteiger partial charge in [-0.05, 0) is 34.6 Å². The highest BCUT2D eigenvalue weighted by Crippen LogP contribution is 2.22. The van der Waals surface area contributed by atoms with Gasteiger partial charge in [0.05, 0.1) is 6.26 Å². The Balaban J connectivity index is 1.79. The van der Waals surface area contributed by atoms with Crippen molar-refractivity contribution < 1.29 is 4.74 Å². The molecule has 2 aromatic carbocycles. The molecule has 0 radical (unpaired) electrons. The van der Waals surface area contributed by atoms with Crippen LogP contribution in [0.2, 0.25) is 0 Å². The lowest BCUT2D eigenvalue weighted by Gasteiger charge is -2.18. The number of benzene rings is 2. The molecule has 0 unspecified atom stereocenters. The van der Waals surface area contributed by atoms with E-state index in [1.807, 2.05) is 18.2 Å². The van der Waals surface area contributed by atoms with E-state index in [0.717, 1.165) is 6.42 Å². The first-order valence-electron chi connectivity index (χ1n) is 7.46. The Morgan fingerprint density at radius 1 is 0.857 bits per heavy atom. The third kappa shape index (κ3) is 5.11.